The lowest BCUT2D eigenvalue weighted by Gasteiger charge is -2.23. The minimum Gasteiger partial charge on any atom is -0.347 e. The SMILES string of the molecule is CCN(c1ccc(C(=O)NC(C)(C)C)cc1)S(=O)(=O)c1ccccc1. The standard InChI is InChI=1S/C19H24N2O3S/c1-5-21(25(23,24)17-9-7-6-8-10-17)16-13-11-15(12-14-16)18(22)20-19(2,3)4/h6-14H,5H2,1-4H3,(H,20,22). The monoisotopic (exact) mass is 360 g/mol. The number of rotatable bonds is 5. The predicted octanol–water partition coefficient (Wildman–Crippen LogP) is 3.43. The number of benzene rings is 2. The highest BCUT2D eigenvalue weighted by molar-refractivity contribution is 7.92. The normalized spacial score (nSPS) is 11.8. The van der Waals surface area contributed by atoms with Gasteiger partial charge in [0.15, 0.2) is 0 Å². The first-order valence-electron chi connectivity index (χ1n) is 8.15. The van der Waals surface area contributed by atoms with Gasteiger partial charge in [0.05, 0.1) is 10.6 Å². The van der Waals surface area contributed by atoms with Crippen LogP contribution in [0.2, 0.25) is 0 Å². The Hall–Kier alpha value is -2.34. The molecular formula is C19H24N2O3S. The van der Waals surface area contributed by atoms with Crippen LogP contribution in [0.1, 0.15) is 38.1 Å². The van der Waals surface area contributed by atoms with Crippen LogP contribution in [-0.2, 0) is 10.0 Å². The number of nitrogens with one attached hydrogen (secondary N) is 1. The average Bonchev–Trinajstić information content (AvgIpc) is 2.55. The van der Waals surface area contributed by atoms with Crippen LogP contribution < -0.4 is 9.62 Å². The third kappa shape index (κ3) is 4.60. The highest BCUT2D eigenvalue weighted by Gasteiger charge is 2.23. The van der Waals surface area contributed by atoms with E-state index in [1.807, 2.05) is 20.8 Å². The number of nitrogens with zero attached hydrogens (tertiary/aromatic N) is 1. The molecule has 0 unspecified atom stereocenters. The van der Waals surface area contributed by atoms with Gasteiger partial charge >= 0.3 is 0 Å². The smallest absolute Gasteiger partial charge is 0.264 e. The Balaban J connectivity index is 2.29. The highest BCUT2D eigenvalue weighted by atomic mass is 32.2. The molecule has 0 atom stereocenters. The molecule has 1 amide bonds. The van der Waals surface area contributed by atoms with Crippen molar-refractivity contribution in [1.29, 1.82) is 0 Å². The van der Waals surface area contributed by atoms with Crippen molar-refractivity contribution >= 4 is 21.6 Å². The summed E-state index contributed by atoms with van der Waals surface area (Å²) in [7, 11) is -3.63. The molecule has 134 valence electrons. The Morgan fingerprint density at radius 1 is 1.00 bits per heavy atom. The number of amides is 1. The van der Waals surface area contributed by atoms with E-state index < -0.39 is 10.0 Å². The molecule has 0 saturated heterocycles. The van der Waals surface area contributed by atoms with Crippen molar-refractivity contribution in [1.82, 2.24) is 5.32 Å². The third-order valence-electron chi connectivity index (χ3n) is 3.52. The Labute approximate surface area is 149 Å². The van der Waals surface area contributed by atoms with Crippen LogP contribution in [0.5, 0.6) is 0 Å². The summed E-state index contributed by atoms with van der Waals surface area (Å²) in [5, 5.41) is 2.88. The molecule has 25 heavy (non-hydrogen) atoms. The summed E-state index contributed by atoms with van der Waals surface area (Å²) in [5.74, 6) is -0.187. The first-order valence-corrected chi connectivity index (χ1v) is 9.59. The molecule has 6 heteroatoms. The third-order valence-corrected chi connectivity index (χ3v) is 5.44. The molecule has 0 fully saturated rings. The van der Waals surface area contributed by atoms with Gasteiger partial charge < -0.3 is 5.32 Å². The van der Waals surface area contributed by atoms with Crippen LogP contribution in [0.25, 0.3) is 0 Å². The Morgan fingerprint density at radius 2 is 1.56 bits per heavy atom. The van der Waals surface area contributed by atoms with Crippen LogP contribution in [-0.4, -0.2) is 26.4 Å². The quantitative estimate of drug-likeness (QED) is 0.888. The van der Waals surface area contributed by atoms with E-state index in [0.717, 1.165) is 0 Å². The zero-order valence-electron chi connectivity index (χ0n) is 15.0. The van der Waals surface area contributed by atoms with Crippen molar-refractivity contribution in [2.75, 3.05) is 10.8 Å². The van der Waals surface area contributed by atoms with Gasteiger partial charge in [-0.15, -0.1) is 0 Å². The molecular weight excluding hydrogens is 336 g/mol. The molecule has 0 heterocycles. The molecule has 0 aromatic heterocycles. The average molecular weight is 360 g/mol. The molecule has 0 bridgehead atoms. The van der Waals surface area contributed by atoms with Crippen molar-refractivity contribution in [3.05, 3.63) is 60.2 Å². The van der Waals surface area contributed by atoms with Gasteiger partial charge in [-0.1, -0.05) is 18.2 Å². The van der Waals surface area contributed by atoms with Crippen molar-refractivity contribution in [2.45, 2.75) is 38.1 Å². The molecule has 0 aliphatic heterocycles. The van der Waals surface area contributed by atoms with Gasteiger partial charge in [-0.2, -0.15) is 0 Å². The highest BCUT2D eigenvalue weighted by Crippen LogP contribution is 2.23. The summed E-state index contributed by atoms with van der Waals surface area (Å²) in [5.41, 5.74) is 0.687. The van der Waals surface area contributed by atoms with Crippen molar-refractivity contribution in [3.63, 3.8) is 0 Å². The zero-order chi connectivity index (χ0) is 18.7. The number of anilines is 1. The number of carbonyl (C=O) groups is 1. The minimum atomic E-state index is -3.63. The van der Waals surface area contributed by atoms with Crippen molar-refractivity contribution in [2.24, 2.45) is 0 Å². The second kappa shape index (κ2) is 7.27. The van der Waals surface area contributed by atoms with E-state index in [1.165, 1.54) is 4.31 Å². The van der Waals surface area contributed by atoms with Gasteiger partial charge in [0.2, 0.25) is 0 Å². The topological polar surface area (TPSA) is 66.5 Å². The Morgan fingerprint density at radius 3 is 2.04 bits per heavy atom. The van der Waals surface area contributed by atoms with E-state index >= 15 is 0 Å². The molecule has 2 rings (SSSR count). The van der Waals surface area contributed by atoms with Crippen LogP contribution >= 0.6 is 0 Å². The molecule has 2 aromatic carbocycles. The van der Waals surface area contributed by atoms with Crippen molar-refractivity contribution < 1.29 is 13.2 Å². The van der Waals surface area contributed by atoms with E-state index in [-0.39, 0.29) is 16.3 Å². The maximum Gasteiger partial charge on any atom is 0.264 e. The lowest BCUT2D eigenvalue weighted by atomic mass is 10.1. The Bertz CT molecular complexity index is 823. The van der Waals surface area contributed by atoms with Crippen LogP contribution in [0.15, 0.2) is 59.5 Å². The number of carbonyl (C=O) groups excluding carboxylic acids is 1. The molecule has 2 aromatic rings. The molecule has 1 N–H and O–H groups in total. The molecule has 5 nitrogen and oxygen atoms in total. The second-order valence-electron chi connectivity index (χ2n) is 6.73. The lowest BCUT2D eigenvalue weighted by molar-refractivity contribution is 0.0919. The Kier molecular flexibility index (Phi) is 5.52. The molecule has 0 radical (unpaired) electrons. The van der Waals surface area contributed by atoms with E-state index in [9.17, 15) is 13.2 Å². The maximum absolute atomic E-state index is 12.8. The molecule has 0 spiro atoms. The van der Waals surface area contributed by atoms with Crippen LogP contribution in [0, 0.1) is 0 Å². The fourth-order valence-corrected chi connectivity index (χ4v) is 3.90. The molecule has 0 aliphatic rings. The van der Waals surface area contributed by atoms with Gasteiger partial charge in [0.25, 0.3) is 15.9 Å². The predicted molar refractivity (Wildman–Crippen MR) is 100 cm³/mol. The summed E-state index contributed by atoms with van der Waals surface area (Å²) >= 11 is 0. The summed E-state index contributed by atoms with van der Waals surface area (Å²) in [6.45, 7) is 7.80. The van der Waals surface area contributed by atoms with Gasteiger partial charge in [-0.05, 0) is 64.1 Å². The fourth-order valence-electron chi connectivity index (χ4n) is 2.40. The number of sulfonamides is 1. The van der Waals surface area contributed by atoms with Gasteiger partial charge in [-0.25, -0.2) is 8.42 Å². The van der Waals surface area contributed by atoms with E-state index in [0.29, 0.717) is 17.8 Å². The minimum absolute atomic E-state index is 0.187. The van der Waals surface area contributed by atoms with E-state index in [2.05, 4.69) is 5.32 Å². The van der Waals surface area contributed by atoms with Crippen LogP contribution in [0.3, 0.4) is 0 Å². The molecule has 0 aliphatic carbocycles. The second-order valence-corrected chi connectivity index (χ2v) is 8.60. The maximum atomic E-state index is 12.8. The van der Waals surface area contributed by atoms with Gasteiger partial charge in [0, 0.05) is 17.6 Å². The summed E-state index contributed by atoms with van der Waals surface area (Å²) < 4.78 is 27.0. The summed E-state index contributed by atoms with van der Waals surface area (Å²) in [6.07, 6.45) is 0. The fraction of sp³-hybridized carbons (Fsp3) is 0.316. The van der Waals surface area contributed by atoms with Gasteiger partial charge in [-0.3, -0.25) is 9.10 Å². The number of hydrogen-bond donors (Lipinski definition) is 1. The first-order chi connectivity index (χ1) is 11.6. The first kappa shape index (κ1) is 19.0. The zero-order valence-corrected chi connectivity index (χ0v) is 15.8. The lowest BCUT2D eigenvalue weighted by Crippen LogP contribution is -2.40. The van der Waals surface area contributed by atoms with Crippen LogP contribution in [0.4, 0.5) is 5.69 Å². The summed E-state index contributed by atoms with van der Waals surface area (Å²) in [6, 6.07) is 14.9. The van der Waals surface area contributed by atoms with E-state index in [1.54, 1.807) is 61.5 Å². The van der Waals surface area contributed by atoms with Crippen molar-refractivity contribution in [3.8, 4) is 0 Å². The molecule has 0 saturated carbocycles. The largest absolute Gasteiger partial charge is 0.347 e. The van der Waals surface area contributed by atoms with E-state index in [4.69, 9.17) is 0 Å². The number of hydrogen-bond acceptors (Lipinski definition) is 3. The van der Waals surface area contributed by atoms with Gasteiger partial charge in [0.1, 0.15) is 0 Å². The summed E-state index contributed by atoms with van der Waals surface area (Å²) in [4.78, 5) is 12.4.